The lowest BCUT2D eigenvalue weighted by atomic mass is 9.85. The van der Waals surface area contributed by atoms with Gasteiger partial charge in [0, 0.05) is 25.6 Å². The van der Waals surface area contributed by atoms with E-state index in [1.807, 2.05) is 0 Å². The van der Waals surface area contributed by atoms with E-state index >= 15 is 0 Å². The molecular weight excluding hydrogens is 273 g/mol. The molecule has 1 fully saturated rings. The van der Waals surface area contributed by atoms with Crippen molar-refractivity contribution < 1.29 is 18.6 Å². The Bertz CT molecular complexity index is 430. The Morgan fingerprint density at radius 2 is 2.19 bits per heavy atom. The number of ether oxygens (including phenoxy) is 3. The summed E-state index contributed by atoms with van der Waals surface area (Å²) in [5.41, 5.74) is 0. The van der Waals surface area contributed by atoms with E-state index in [0.717, 1.165) is 19.4 Å². The average molecular weight is 297 g/mol. The summed E-state index contributed by atoms with van der Waals surface area (Å²) in [6.45, 7) is 4.19. The Hall–Kier alpha value is -1.17. The summed E-state index contributed by atoms with van der Waals surface area (Å²) in [7, 11) is 1.65. The number of rotatable bonds is 9. The van der Waals surface area contributed by atoms with Crippen LogP contribution < -0.4 is 10.1 Å². The summed E-state index contributed by atoms with van der Waals surface area (Å²) in [5.74, 6) is 0.263. The van der Waals surface area contributed by atoms with Gasteiger partial charge >= 0.3 is 0 Å². The van der Waals surface area contributed by atoms with Crippen molar-refractivity contribution in [2.75, 3.05) is 26.9 Å². The molecule has 1 aliphatic rings. The number of methoxy groups -OCH3 is 1. The Labute approximate surface area is 125 Å². The summed E-state index contributed by atoms with van der Waals surface area (Å²) < 4.78 is 29.9. The van der Waals surface area contributed by atoms with E-state index in [-0.39, 0.29) is 18.0 Å². The SMILES string of the molecule is CCCNC1CC(Oc2cccc(F)c2)C1OCCOC. The van der Waals surface area contributed by atoms with Gasteiger partial charge in [0.15, 0.2) is 0 Å². The van der Waals surface area contributed by atoms with Crippen LogP contribution in [0.25, 0.3) is 0 Å². The van der Waals surface area contributed by atoms with Gasteiger partial charge in [-0.25, -0.2) is 4.39 Å². The Kier molecular flexibility index (Phi) is 6.42. The fourth-order valence-electron chi connectivity index (χ4n) is 2.43. The predicted octanol–water partition coefficient (Wildman–Crippen LogP) is 2.38. The van der Waals surface area contributed by atoms with Gasteiger partial charge in [-0.3, -0.25) is 0 Å². The summed E-state index contributed by atoms with van der Waals surface area (Å²) in [6, 6.07) is 6.52. The molecule has 3 atom stereocenters. The van der Waals surface area contributed by atoms with Gasteiger partial charge in [-0.2, -0.15) is 0 Å². The van der Waals surface area contributed by atoms with Gasteiger partial charge < -0.3 is 19.5 Å². The molecule has 1 aliphatic carbocycles. The first-order chi connectivity index (χ1) is 10.2. The van der Waals surface area contributed by atoms with Gasteiger partial charge in [-0.15, -0.1) is 0 Å². The molecule has 2 rings (SSSR count). The van der Waals surface area contributed by atoms with Crippen LogP contribution in [0.1, 0.15) is 19.8 Å². The molecule has 1 aromatic rings. The third kappa shape index (κ3) is 4.66. The molecule has 1 saturated carbocycles. The number of benzene rings is 1. The van der Waals surface area contributed by atoms with E-state index in [1.54, 1.807) is 19.2 Å². The number of hydrogen-bond donors (Lipinski definition) is 1. The number of nitrogens with one attached hydrogen (secondary N) is 1. The zero-order valence-electron chi connectivity index (χ0n) is 12.7. The molecule has 0 amide bonds. The van der Waals surface area contributed by atoms with Crippen molar-refractivity contribution in [3.05, 3.63) is 30.1 Å². The third-order valence-corrected chi connectivity index (χ3v) is 3.59. The predicted molar refractivity (Wildman–Crippen MR) is 79.1 cm³/mol. The normalized spacial score (nSPS) is 24.6. The van der Waals surface area contributed by atoms with Crippen molar-refractivity contribution in [3.8, 4) is 5.75 Å². The van der Waals surface area contributed by atoms with Crippen LogP contribution in [0.4, 0.5) is 4.39 Å². The van der Waals surface area contributed by atoms with E-state index in [2.05, 4.69) is 12.2 Å². The largest absolute Gasteiger partial charge is 0.487 e. The van der Waals surface area contributed by atoms with Crippen LogP contribution in [0, 0.1) is 5.82 Å². The molecule has 5 heteroatoms. The fourth-order valence-corrected chi connectivity index (χ4v) is 2.43. The maximum absolute atomic E-state index is 13.2. The summed E-state index contributed by atoms with van der Waals surface area (Å²) in [6.07, 6.45) is 1.89. The minimum Gasteiger partial charge on any atom is -0.487 e. The summed E-state index contributed by atoms with van der Waals surface area (Å²) in [5, 5.41) is 3.45. The maximum atomic E-state index is 13.2. The highest BCUT2D eigenvalue weighted by atomic mass is 19.1. The van der Waals surface area contributed by atoms with Crippen LogP contribution in [0.5, 0.6) is 5.75 Å². The lowest BCUT2D eigenvalue weighted by Gasteiger charge is -2.44. The van der Waals surface area contributed by atoms with Crippen molar-refractivity contribution >= 4 is 0 Å². The van der Waals surface area contributed by atoms with E-state index in [0.29, 0.717) is 25.0 Å². The molecule has 0 heterocycles. The molecule has 0 aliphatic heterocycles. The molecule has 0 saturated heterocycles. The Morgan fingerprint density at radius 1 is 1.33 bits per heavy atom. The highest BCUT2D eigenvalue weighted by Crippen LogP contribution is 2.29. The van der Waals surface area contributed by atoms with Crippen molar-refractivity contribution in [3.63, 3.8) is 0 Å². The fraction of sp³-hybridized carbons (Fsp3) is 0.625. The van der Waals surface area contributed by atoms with Crippen LogP contribution in [-0.2, 0) is 9.47 Å². The first-order valence-corrected chi connectivity index (χ1v) is 7.50. The molecule has 0 bridgehead atoms. The second kappa shape index (κ2) is 8.32. The molecule has 21 heavy (non-hydrogen) atoms. The molecule has 0 radical (unpaired) electrons. The molecule has 0 spiro atoms. The highest BCUT2D eigenvalue weighted by molar-refractivity contribution is 5.23. The van der Waals surface area contributed by atoms with E-state index in [1.165, 1.54) is 12.1 Å². The van der Waals surface area contributed by atoms with Crippen LogP contribution in [0.15, 0.2) is 24.3 Å². The Morgan fingerprint density at radius 3 is 2.90 bits per heavy atom. The number of halogens is 1. The Balaban J connectivity index is 1.88. The zero-order valence-corrected chi connectivity index (χ0v) is 12.7. The molecule has 0 aromatic heterocycles. The van der Waals surface area contributed by atoms with Crippen molar-refractivity contribution in [2.24, 2.45) is 0 Å². The minimum atomic E-state index is -0.288. The van der Waals surface area contributed by atoms with E-state index in [4.69, 9.17) is 14.2 Å². The lowest BCUT2D eigenvalue weighted by Crippen LogP contribution is -2.61. The second-order valence-electron chi connectivity index (χ2n) is 5.24. The van der Waals surface area contributed by atoms with E-state index in [9.17, 15) is 4.39 Å². The monoisotopic (exact) mass is 297 g/mol. The van der Waals surface area contributed by atoms with Gasteiger partial charge in [-0.1, -0.05) is 13.0 Å². The highest BCUT2D eigenvalue weighted by Gasteiger charge is 2.43. The van der Waals surface area contributed by atoms with Gasteiger partial charge in [0.2, 0.25) is 0 Å². The first kappa shape index (κ1) is 16.2. The second-order valence-corrected chi connectivity index (χ2v) is 5.24. The zero-order chi connectivity index (χ0) is 15.1. The van der Waals surface area contributed by atoms with Crippen LogP contribution in [-0.4, -0.2) is 45.1 Å². The molecular formula is C16H24FNO3. The smallest absolute Gasteiger partial charge is 0.128 e. The number of hydrogen-bond acceptors (Lipinski definition) is 4. The standard InChI is InChI=1S/C16H24FNO3/c1-3-7-18-14-11-15(16(14)20-9-8-19-2)21-13-6-4-5-12(17)10-13/h4-6,10,14-16,18H,3,7-9,11H2,1-2H3. The summed E-state index contributed by atoms with van der Waals surface area (Å²) in [4.78, 5) is 0. The topological polar surface area (TPSA) is 39.7 Å². The lowest BCUT2D eigenvalue weighted by molar-refractivity contribution is -0.115. The molecule has 118 valence electrons. The molecule has 3 unspecified atom stereocenters. The molecule has 4 nitrogen and oxygen atoms in total. The third-order valence-electron chi connectivity index (χ3n) is 3.59. The first-order valence-electron chi connectivity index (χ1n) is 7.50. The maximum Gasteiger partial charge on any atom is 0.128 e. The quantitative estimate of drug-likeness (QED) is 0.710. The average Bonchev–Trinajstić information content (AvgIpc) is 2.46. The van der Waals surface area contributed by atoms with Crippen molar-refractivity contribution in [2.45, 2.75) is 38.0 Å². The molecule has 1 N–H and O–H groups in total. The van der Waals surface area contributed by atoms with Crippen LogP contribution in [0.2, 0.25) is 0 Å². The van der Waals surface area contributed by atoms with Gasteiger partial charge in [0.25, 0.3) is 0 Å². The van der Waals surface area contributed by atoms with Gasteiger partial charge in [-0.05, 0) is 25.1 Å². The van der Waals surface area contributed by atoms with Gasteiger partial charge in [0.1, 0.15) is 23.8 Å². The van der Waals surface area contributed by atoms with Gasteiger partial charge in [0.05, 0.1) is 13.2 Å². The van der Waals surface area contributed by atoms with E-state index < -0.39 is 0 Å². The summed E-state index contributed by atoms with van der Waals surface area (Å²) >= 11 is 0. The van der Waals surface area contributed by atoms with Crippen LogP contribution >= 0.6 is 0 Å². The van der Waals surface area contributed by atoms with Crippen molar-refractivity contribution in [1.29, 1.82) is 0 Å². The van der Waals surface area contributed by atoms with Crippen LogP contribution in [0.3, 0.4) is 0 Å². The minimum absolute atomic E-state index is 0.0185. The van der Waals surface area contributed by atoms with Crippen molar-refractivity contribution in [1.82, 2.24) is 5.32 Å². The molecule has 1 aromatic carbocycles.